The van der Waals surface area contributed by atoms with Gasteiger partial charge in [-0.05, 0) is 25.0 Å². The Morgan fingerprint density at radius 1 is 1.18 bits per heavy atom. The lowest BCUT2D eigenvalue weighted by atomic mass is 9.89. The van der Waals surface area contributed by atoms with Crippen LogP contribution in [0.5, 0.6) is 5.75 Å². The van der Waals surface area contributed by atoms with Crippen molar-refractivity contribution >= 4 is 5.65 Å². The van der Waals surface area contributed by atoms with Gasteiger partial charge in [-0.1, -0.05) is 19.3 Å². The Balaban J connectivity index is 2.02. The summed E-state index contributed by atoms with van der Waals surface area (Å²) in [6, 6.07) is 3.88. The summed E-state index contributed by atoms with van der Waals surface area (Å²) in [7, 11) is 1.69. The van der Waals surface area contributed by atoms with E-state index in [0.29, 0.717) is 5.92 Å². The first-order chi connectivity index (χ1) is 8.38. The van der Waals surface area contributed by atoms with Crippen molar-refractivity contribution in [2.24, 2.45) is 0 Å². The van der Waals surface area contributed by atoms with Gasteiger partial charge in [-0.3, -0.25) is 4.40 Å². The van der Waals surface area contributed by atoms with Crippen molar-refractivity contribution in [3.8, 4) is 5.75 Å². The summed E-state index contributed by atoms with van der Waals surface area (Å²) in [5.41, 5.74) is 0.909. The SMILES string of the molecule is COc1ccc2nnc(C3CCCCC3)n2c1. The molecule has 4 heteroatoms. The normalized spacial score (nSPS) is 17.5. The van der Waals surface area contributed by atoms with Crippen LogP contribution in [0.2, 0.25) is 0 Å². The summed E-state index contributed by atoms with van der Waals surface area (Å²) in [4.78, 5) is 0. The van der Waals surface area contributed by atoms with Crippen molar-refractivity contribution in [2.75, 3.05) is 7.11 Å². The lowest BCUT2D eigenvalue weighted by Crippen LogP contribution is -2.08. The first-order valence-electron chi connectivity index (χ1n) is 6.27. The molecule has 2 heterocycles. The zero-order chi connectivity index (χ0) is 11.7. The average molecular weight is 231 g/mol. The predicted octanol–water partition coefficient (Wildman–Crippen LogP) is 2.79. The second-order valence-corrected chi connectivity index (χ2v) is 4.69. The van der Waals surface area contributed by atoms with E-state index < -0.39 is 0 Å². The van der Waals surface area contributed by atoms with Crippen LogP contribution >= 0.6 is 0 Å². The minimum Gasteiger partial charge on any atom is -0.495 e. The maximum Gasteiger partial charge on any atom is 0.161 e. The Bertz CT molecular complexity index is 514. The molecule has 0 spiro atoms. The molecule has 1 aliphatic carbocycles. The molecule has 0 aromatic carbocycles. The number of rotatable bonds is 2. The van der Waals surface area contributed by atoms with Gasteiger partial charge in [-0.15, -0.1) is 10.2 Å². The van der Waals surface area contributed by atoms with Gasteiger partial charge in [0.05, 0.1) is 13.3 Å². The molecule has 0 unspecified atom stereocenters. The van der Waals surface area contributed by atoms with E-state index in [1.165, 1.54) is 32.1 Å². The number of aromatic nitrogens is 3. The van der Waals surface area contributed by atoms with Gasteiger partial charge in [-0.2, -0.15) is 0 Å². The second-order valence-electron chi connectivity index (χ2n) is 4.69. The summed E-state index contributed by atoms with van der Waals surface area (Å²) in [6.45, 7) is 0. The highest BCUT2D eigenvalue weighted by molar-refractivity contribution is 5.41. The van der Waals surface area contributed by atoms with Crippen LogP contribution in [0.15, 0.2) is 18.3 Å². The monoisotopic (exact) mass is 231 g/mol. The summed E-state index contributed by atoms with van der Waals surface area (Å²) in [5.74, 6) is 2.51. The third kappa shape index (κ3) is 1.88. The summed E-state index contributed by atoms with van der Waals surface area (Å²) >= 11 is 0. The van der Waals surface area contributed by atoms with E-state index in [1.807, 2.05) is 18.3 Å². The number of ether oxygens (including phenoxy) is 1. The van der Waals surface area contributed by atoms with Gasteiger partial charge in [-0.25, -0.2) is 0 Å². The van der Waals surface area contributed by atoms with Gasteiger partial charge in [0.25, 0.3) is 0 Å². The first kappa shape index (κ1) is 10.6. The van der Waals surface area contributed by atoms with Crippen LogP contribution in [0.4, 0.5) is 0 Å². The summed E-state index contributed by atoms with van der Waals surface area (Å²) < 4.78 is 7.34. The van der Waals surface area contributed by atoms with Crippen molar-refractivity contribution in [3.63, 3.8) is 0 Å². The number of nitrogens with zero attached hydrogens (tertiary/aromatic N) is 3. The minimum atomic E-state index is 0.561. The van der Waals surface area contributed by atoms with Gasteiger partial charge in [0.2, 0.25) is 0 Å². The molecule has 0 radical (unpaired) electrons. The van der Waals surface area contributed by atoms with Crippen LogP contribution in [-0.4, -0.2) is 21.7 Å². The highest BCUT2D eigenvalue weighted by Crippen LogP contribution is 2.32. The van der Waals surface area contributed by atoms with E-state index in [1.54, 1.807) is 7.11 Å². The van der Waals surface area contributed by atoms with Crippen molar-refractivity contribution in [1.29, 1.82) is 0 Å². The van der Waals surface area contributed by atoms with Gasteiger partial charge in [0, 0.05) is 5.92 Å². The van der Waals surface area contributed by atoms with Crippen molar-refractivity contribution < 1.29 is 4.74 Å². The van der Waals surface area contributed by atoms with Crippen LogP contribution in [0.25, 0.3) is 5.65 Å². The smallest absolute Gasteiger partial charge is 0.161 e. The fourth-order valence-corrected chi connectivity index (χ4v) is 2.65. The molecular weight excluding hydrogens is 214 g/mol. The Hall–Kier alpha value is -1.58. The van der Waals surface area contributed by atoms with Crippen LogP contribution in [0, 0.1) is 0 Å². The van der Waals surface area contributed by atoms with Crippen molar-refractivity contribution in [3.05, 3.63) is 24.2 Å². The topological polar surface area (TPSA) is 39.4 Å². The Kier molecular flexibility index (Phi) is 2.71. The Morgan fingerprint density at radius 2 is 2.00 bits per heavy atom. The largest absolute Gasteiger partial charge is 0.495 e. The lowest BCUT2D eigenvalue weighted by Gasteiger charge is -2.19. The molecule has 2 aromatic rings. The van der Waals surface area contributed by atoms with Crippen LogP contribution in [0.3, 0.4) is 0 Å². The molecule has 17 heavy (non-hydrogen) atoms. The van der Waals surface area contributed by atoms with Crippen LogP contribution < -0.4 is 4.74 Å². The summed E-state index contributed by atoms with van der Waals surface area (Å²) in [6.07, 6.45) is 8.43. The number of methoxy groups -OCH3 is 1. The molecule has 90 valence electrons. The number of pyridine rings is 1. The van der Waals surface area contributed by atoms with E-state index in [-0.39, 0.29) is 0 Å². The number of fused-ring (bicyclic) bond motifs is 1. The maximum atomic E-state index is 5.26. The molecule has 1 saturated carbocycles. The molecule has 0 aliphatic heterocycles. The molecule has 0 saturated heterocycles. The molecule has 2 aromatic heterocycles. The predicted molar refractivity (Wildman–Crippen MR) is 65.4 cm³/mol. The molecule has 0 N–H and O–H groups in total. The molecule has 3 rings (SSSR count). The molecule has 4 nitrogen and oxygen atoms in total. The molecule has 0 amide bonds. The third-order valence-corrected chi connectivity index (χ3v) is 3.61. The van der Waals surface area contributed by atoms with E-state index in [2.05, 4.69) is 14.6 Å². The highest BCUT2D eigenvalue weighted by Gasteiger charge is 2.20. The van der Waals surface area contributed by atoms with E-state index in [9.17, 15) is 0 Å². The molecule has 0 atom stereocenters. The van der Waals surface area contributed by atoms with Gasteiger partial charge >= 0.3 is 0 Å². The van der Waals surface area contributed by atoms with Gasteiger partial charge in [0.1, 0.15) is 11.6 Å². The average Bonchev–Trinajstić information content (AvgIpc) is 2.82. The Labute approximate surface area is 101 Å². The third-order valence-electron chi connectivity index (χ3n) is 3.61. The van der Waals surface area contributed by atoms with Crippen LogP contribution in [-0.2, 0) is 0 Å². The zero-order valence-corrected chi connectivity index (χ0v) is 10.1. The maximum absolute atomic E-state index is 5.26. The van der Waals surface area contributed by atoms with E-state index in [0.717, 1.165) is 17.2 Å². The van der Waals surface area contributed by atoms with Crippen molar-refractivity contribution in [1.82, 2.24) is 14.6 Å². The summed E-state index contributed by atoms with van der Waals surface area (Å²) in [5, 5.41) is 8.58. The lowest BCUT2D eigenvalue weighted by molar-refractivity contribution is 0.408. The highest BCUT2D eigenvalue weighted by atomic mass is 16.5. The minimum absolute atomic E-state index is 0.561. The zero-order valence-electron chi connectivity index (χ0n) is 10.1. The molecule has 0 bridgehead atoms. The van der Waals surface area contributed by atoms with Gasteiger partial charge in [0.15, 0.2) is 5.65 Å². The standard InChI is InChI=1S/C13H17N3O/c1-17-11-7-8-12-14-15-13(16(12)9-11)10-5-3-2-4-6-10/h7-10H,2-6H2,1H3. The molecule has 1 fully saturated rings. The molecule has 1 aliphatic rings. The number of hydrogen-bond donors (Lipinski definition) is 0. The second kappa shape index (κ2) is 4.35. The molecular formula is C13H17N3O. The Morgan fingerprint density at radius 3 is 2.76 bits per heavy atom. The van der Waals surface area contributed by atoms with E-state index in [4.69, 9.17) is 4.74 Å². The van der Waals surface area contributed by atoms with Crippen molar-refractivity contribution in [2.45, 2.75) is 38.0 Å². The number of hydrogen-bond acceptors (Lipinski definition) is 3. The van der Waals surface area contributed by atoms with Gasteiger partial charge < -0.3 is 4.74 Å². The first-order valence-corrected chi connectivity index (χ1v) is 6.27. The van der Waals surface area contributed by atoms with Crippen LogP contribution in [0.1, 0.15) is 43.8 Å². The fraction of sp³-hybridized carbons (Fsp3) is 0.538. The fourth-order valence-electron chi connectivity index (χ4n) is 2.65. The van der Waals surface area contributed by atoms with E-state index >= 15 is 0 Å². The quantitative estimate of drug-likeness (QED) is 0.797.